The number of carbonyl (C=O) groups is 2. The van der Waals surface area contributed by atoms with E-state index in [4.69, 9.17) is 14.6 Å². The van der Waals surface area contributed by atoms with Gasteiger partial charge in [-0.2, -0.15) is 0 Å². The molecule has 1 aromatic rings. The van der Waals surface area contributed by atoms with E-state index in [2.05, 4.69) is 4.74 Å². The maximum atomic E-state index is 11.7. The molecule has 0 bridgehead atoms. The van der Waals surface area contributed by atoms with Gasteiger partial charge >= 0.3 is 18.0 Å². The first-order valence-corrected chi connectivity index (χ1v) is 6.14. The fourth-order valence-corrected chi connectivity index (χ4v) is 1.63. The molecule has 1 aromatic carbocycles. The van der Waals surface area contributed by atoms with Crippen LogP contribution in [0.15, 0.2) is 24.3 Å². The van der Waals surface area contributed by atoms with E-state index >= 15 is 0 Å². The average molecular weight is 314 g/mol. The van der Waals surface area contributed by atoms with Crippen LogP contribution in [-0.4, -0.2) is 45.7 Å². The molecular weight excluding hydrogens is 298 g/mol. The van der Waals surface area contributed by atoms with Gasteiger partial charge in [-0.15, -0.1) is 0 Å². The van der Waals surface area contributed by atoms with Crippen molar-refractivity contribution in [1.82, 2.24) is 0 Å². The van der Waals surface area contributed by atoms with Crippen molar-refractivity contribution in [2.75, 3.05) is 7.11 Å². The van der Waals surface area contributed by atoms with Crippen LogP contribution in [0.1, 0.15) is 13.8 Å². The van der Waals surface area contributed by atoms with Crippen molar-refractivity contribution in [3.8, 4) is 5.75 Å². The maximum absolute atomic E-state index is 11.7. The summed E-state index contributed by atoms with van der Waals surface area (Å²) in [6, 6.07) is 5.11. The van der Waals surface area contributed by atoms with Gasteiger partial charge in [-0.25, -0.2) is 9.59 Å². The van der Waals surface area contributed by atoms with Gasteiger partial charge in [0.25, 0.3) is 17.2 Å². The van der Waals surface area contributed by atoms with Crippen LogP contribution >= 0.6 is 0 Å². The van der Waals surface area contributed by atoms with Crippen LogP contribution < -0.4 is 0 Å². The van der Waals surface area contributed by atoms with Crippen molar-refractivity contribution in [2.45, 2.75) is 25.7 Å². The minimum atomic E-state index is -1.41. The van der Waals surface area contributed by atoms with Crippen molar-refractivity contribution < 1.29 is 33.8 Å². The van der Waals surface area contributed by atoms with Crippen molar-refractivity contribution in [2.24, 2.45) is 0 Å². The summed E-state index contributed by atoms with van der Waals surface area (Å²) in [5, 5.41) is 17.5. The van der Waals surface area contributed by atoms with Crippen molar-refractivity contribution in [1.29, 1.82) is 0 Å². The van der Waals surface area contributed by atoms with Crippen LogP contribution in [0.2, 0.25) is 0 Å². The molecule has 1 saturated heterocycles. The predicted molar refractivity (Wildman–Crippen MR) is 73.0 cm³/mol. The Balaban J connectivity index is 0.00000116. The number of carbonyl (C=O) groups excluding carboxylic acids is 2. The molecular formula is C13H16NO8+. The van der Waals surface area contributed by atoms with Gasteiger partial charge in [0, 0.05) is 45.2 Å². The lowest BCUT2D eigenvalue weighted by atomic mass is 10.2. The summed E-state index contributed by atoms with van der Waals surface area (Å²) in [5.74, 6) is -2.70. The number of cyclic esters (lactones) is 2. The number of aromatic hydroxyl groups is 1. The number of benzene rings is 1. The number of aliphatic hydroxyl groups is 2. The molecule has 9 nitrogen and oxygen atoms in total. The monoisotopic (exact) mass is 314 g/mol. The highest BCUT2D eigenvalue weighted by Gasteiger charge is 2.48. The van der Waals surface area contributed by atoms with Gasteiger partial charge in [0.05, 0.1) is 4.92 Å². The Morgan fingerprint density at radius 2 is 1.59 bits per heavy atom. The molecule has 2 rings (SSSR count). The number of ether oxygens (including phenoxy) is 3. The molecule has 0 spiro atoms. The van der Waals surface area contributed by atoms with Crippen LogP contribution in [0, 0.1) is 10.1 Å². The number of esters is 2. The number of hydrogen-bond donors (Lipinski definition) is 1. The van der Waals surface area contributed by atoms with E-state index in [1.54, 1.807) is 0 Å². The zero-order chi connectivity index (χ0) is 16.9. The number of nitro groups is 1. The molecule has 0 aromatic heterocycles. The standard InChI is InChI=1S/C12H11NO7.CH4O/c1-12(2)19-10(14)9(11(15)20-12)18-8-5-3-7(4-6-8)13(16)17;1-2/h3-6,9H,1-2H3;2H,1H3/p+1. The Labute approximate surface area is 125 Å². The van der Waals surface area contributed by atoms with Gasteiger partial charge < -0.3 is 19.3 Å². The number of rotatable bonds is 3. The second kappa shape index (κ2) is 6.85. The van der Waals surface area contributed by atoms with E-state index < -0.39 is 28.8 Å². The first kappa shape index (κ1) is 17.4. The van der Waals surface area contributed by atoms with Gasteiger partial charge in [0.1, 0.15) is 0 Å². The molecule has 1 heterocycles. The predicted octanol–water partition coefficient (Wildman–Crippen LogP) is 0.649. The normalized spacial score (nSPS) is 16.7. The van der Waals surface area contributed by atoms with Crippen molar-refractivity contribution >= 4 is 17.6 Å². The molecule has 9 heteroatoms. The Kier molecular flexibility index (Phi) is 5.41. The first-order chi connectivity index (χ1) is 10.3. The number of nitrogens with zero attached hydrogens (tertiary/aromatic N) is 1. The second-order valence-electron chi connectivity index (χ2n) is 4.55. The highest BCUT2D eigenvalue weighted by atomic mass is 16.8. The second-order valence-corrected chi connectivity index (χ2v) is 4.55. The lowest BCUT2D eigenvalue weighted by molar-refractivity contribution is -0.384. The van der Waals surface area contributed by atoms with Crippen LogP contribution in [0.5, 0.6) is 5.75 Å². The number of aliphatic hydroxyl groups excluding tert-OH is 1. The SMILES string of the molecule is CC1(C)OC(=O)C([OH+]c2ccc([N+](=O)[O-])cc2)C(=O)O1.CO. The molecule has 0 radical (unpaired) electrons. The first-order valence-electron chi connectivity index (χ1n) is 6.14. The molecule has 1 aliphatic heterocycles. The minimum absolute atomic E-state index is 0.112. The Hall–Kier alpha value is -2.68. The van der Waals surface area contributed by atoms with E-state index in [-0.39, 0.29) is 11.4 Å². The summed E-state index contributed by atoms with van der Waals surface area (Å²) in [7, 11) is 1.00. The highest BCUT2D eigenvalue weighted by molar-refractivity contribution is 5.99. The molecule has 0 unspecified atom stereocenters. The number of nitro benzene ring substituents is 1. The van der Waals surface area contributed by atoms with Crippen LogP contribution in [-0.2, 0) is 19.1 Å². The molecule has 120 valence electrons. The van der Waals surface area contributed by atoms with Crippen LogP contribution in [0.25, 0.3) is 0 Å². The van der Waals surface area contributed by atoms with Gasteiger partial charge in [-0.3, -0.25) is 10.1 Å². The molecule has 0 aliphatic carbocycles. The molecule has 0 atom stereocenters. The molecule has 1 aliphatic rings. The molecule has 0 amide bonds. The smallest absolute Gasteiger partial charge is 0.414 e. The van der Waals surface area contributed by atoms with Crippen LogP contribution in [0.4, 0.5) is 5.69 Å². The quantitative estimate of drug-likeness (QED) is 0.285. The molecule has 0 saturated carbocycles. The topological polar surface area (TPSA) is 129 Å². The lowest BCUT2D eigenvalue weighted by Gasteiger charge is -2.31. The lowest BCUT2D eigenvalue weighted by Crippen LogP contribution is -2.51. The van der Waals surface area contributed by atoms with E-state index in [1.165, 1.54) is 38.1 Å². The fourth-order valence-electron chi connectivity index (χ4n) is 1.63. The molecule has 2 N–H and O–H groups in total. The highest BCUT2D eigenvalue weighted by Crippen LogP contribution is 2.25. The average Bonchev–Trinajstić information content (AvgIpc) is 2.44. The molecule has 22 heavy (non-hydrogen) atoms. The van der Waals surface area contributed by atoms with Gasteiger partial charge in [-0.05, 0) is 0 Å². The third-order valence-corrected chi connectivity index (χ3v) is 2.48. The summed E-state index contributed by atoms with van der Waals surface area (Å²) in [5.41, 5.74) is -0.112. The Morgan fingerprint density at radius 1 is 1.14 bits per heavy atom. The summed E-state index contributed by atoms with van der Waals surface area (Å²) >= 11 is 0. The maximum Gasteiger partial charge on any atom is 0.414 e. The summed E-state index contributed by atoms with van der Waals surface area (Å²) in [6.07, 6.45) is -1.41. The zero-order valence-electron chi connectivity index (χ0n) is 12.2. The van der Waals surface area contributed by atoms with E-state index in [9.17, 15) is 19.7 Å². The zero-order valence-corrected chi connectivity index (χ0v) is 12.2. The van der Waals surface area contributed by atoms with Gasteiger partial charge in [-0.1, -0.05) is 0 Å². The Bertz CT molecular complexity index is 546. The van der Waals surface area contributed by atoms with Crippen molar-refractivity contribution in [3.63, 3.8) is 0 Å². The fraction of sp³-hybridized carbons (Fsp3) is 0.385. The summed E-state index contributed by atoms with van der Waals surface area (Å²) in [4.78, 5) is 33.3. The largest absolute Gasteiger partial charge is 0.565 e. The summed E-state index contributed by atoms with van der Waals surface area (Å²) < 4.78 is 13.7. The van der Waals surface area contributed by atoms with E-state index in [0.29, 0.717) is 0 Å². The third kappa shape index (κ3) is 4.16. The van der Waals surface area contributed by atoms with Crippen LogP contribution in [0.3, 0.4) is 0 Å². The Morgan fingerprint density at radius 3 is 2.00 bits per heavy atom. The number of hydrogen-bond acceptors (Lipinski definition) is 7. The van der Waals surface area contributed by atoms with Gasteiger partial charge in [0.15, 0.2) is 0 Å². The van der Waals surface area contributed by atoms with E-state index in [1.807, 2.05) is 0 Å². The van der Waals surface area contributed by atoms with Crippen molar-refractivity contribution in [3.05, 3.63) is 34.4 Å². The van der Waals surface area contributed by atoms with Gasteiger partial charge in [0.2, 0.25) is 0 Å². The third-order valence-electron chi connectivity index (χ3n) is 2.48. The minimum Gasteiger partial charge on any atom is -0.565 e. The molecule has 1 fully saturated rings. The number of non-ortho nitro benzene ring substituents is 1. The summed E-state index contributed by atoms with van der Waals surface area (Å²) in [6.45, 7) is 2.87. The van der Waals surface area contributed by atoms with E-state index in [0.717, 1.165) is 7.11 Å².